The van der Waals surface area contributed by atoms with Crippen molar-refractivity contribution in [2.75, 3.05) is 0 Å². The summed E-state index contributed by atoms with van der Waals surface area (Å²) in [5.74, 6) is 0. The lowest BCUT2D eigenvalue weighted by atomic mass is 9.93. The van der Waals surface area contributed by atoms with Gasteiger partial charge in [-0.15, -0.1) is 11.8 Å². The second-order valence-corrected chi connectivity index (χ2v) is 7.24. The van der Waals surface area contributed by atoms with Gasteiger partial charge in [-0.3, -0.25) is 0 Å². The molecule has 0 aromatic heterocycles. The quantitative estimate of drug-likeness (QED) is 0.562. The molecule has 0 bridgehead atoms. The Hall–Kier alpha value is -0.630. The van der Waals surface area contributed by atoms with Crippen molar-refractivity contribution < 1.29 is 0 Å². The predicted molar refractivity (Wildman–Crippen MR) is 75.7 cm³/mol. The third-order valence-electron chi connectivity index (χ3n) is 3.01. The molecule has 2 aromatic carbocycles. The van der Waals surface area contributed by atoms with Crippen molar-refractivity contribution >= 4 is 35.0 Å². The summed E-state index contributed by atoms with van der Waals surface area (Å²) in [5.41, 5.74) is 2.31. The van der Waals surface area contributed by atoms with Crippen molar-refractivity contribution in [1.82, 2.24) is 0 Å². The van der Waals surface area contributed by atoms with Gasteiger partial charge in [-0.05, 0) is 11.1 Å². The molecule has 0 atom stereocenters. The van der Waals surface area contributed by atoms with Gasteiger partial charge in [0.1, 0.15) is 4.75 Å². The number of alkyl halides is 2. The van der Waals surface area contributed by atoms with Crippen LogP contribution in [-0.2, 0) is 4.75 Å². The molecule has 86 valence electrons. The van der Waals surface area contributed by atoms with E-state index in [0.717, 1.165) is 11.1 Å². The molecule has 0 saturated carbocycles. The summed E-state index contributed by atoms with van der Waals surface area (Å²) in [4.78, 5) is 0. The smallest absolute Gasteiger partial charge is 0.100 e. The fraction of sp³-hybridized carbons (Fsp3) is 0.143. The molecule has 0 aliphatic carbocycles. The van der Waals surface area contributed by atoms with Crippen LogP contribution in [0.25, 0.3) is 0 Å². The maximum absolute atomic E-state index is 6.36. The summed E-state index contributed by atoms with van der Waals surface area (Å²) in [7, 11) is 0. The van der Waals surface area contributed by atoms with E-state index in [0.29, 0.717) is 0 Å². The first-order chi connectivity index (χ1) is 8.17. The lowest BCUT2D eigenvalue weighted by Gasteiger charge is -2.16. The Morgan fingerprint density at radius 2 is 1.06 bits per heavy atom. The second-order valence-electron chi connectivity index (χ2n) is 4.03. The highest BCUT2D eigenvalue weighted by Crippen LogP contribution is 2.77. The normalized spacial score (nSPS) is 19.9. The minimum atomic E-state index is -0.768. The first kappa shape index (κ1) is 11.5. The Morgan fingerprint density at radius 1 is 0.706 bits per heavy atom. The van der Waals surface area contributed by atoms with Gasteiger partial charge < -0.3 is 0 Å². The molecule has 2 aromatic rings. The van der Waals surface area contributed by atoms with Crippen molar-refractivity contribution in [1.29, 1.82) is 0 Å². The predicted octanol–water partition coefficient (Wildman–Crippen LogP) is 4.81. The molecule has 1 fully saturated rings. The largest absolute Gasteiger partial charge is 0.187 e. The number of halogens is 2. The first-order valence-electron chi connectivity index (χ1n) is 5.36. The molecular weight excluding hydrogens is 271 g/mol. The fourth-order valence-corrected chi connectivity index (χ4v) is 4.34. The van der Waals surface area contributed by atoms with Gasteiger partial charge in [0, 0.05) is 0 Å². The summed E-state index contributed by atoms with van der Waals surface area (Å²) < 4.78 is -1.09. The van der Waals surface area contributed by atoms with Crippen molar-refractivity contribution in [3.8, 4) is 0 Å². The van der Waals surface area contributed by atoms with Crippen LogP contribution >= 0.6 is 35.0 Å². The van der Waals surface area contributed by atoms with Gasteiger partial charge in [0.25, 0.3) is 0 Å². The molecule has 0 nitrogen and oxygen atoms in total. The third kappa shape index (κ3) is 1.69. The molecule has 0 unspecified atom stereocenters. The number of hydrogen-bond acceptors (Lipinski definition) is 1. The zero-order valence-corrected chi connectivity index (χ0v) is 11.3. The standard InChI is InChI=1S/C14H10Cl2S/c15-14(16)13(17-14,11-7-3-1-4-8-11)12-9-5-2-6-10-12/h1-10H. The SMILES string of the molecule is ClC1(Cl)SC1(c1ccccc1)c1ccccc1. The van der Waals surface area contributed by atoms with Crippen LogP contribution in [0.2, 0.25) is 0 Å². The number of benzene rings is 2. The minimum absolute atomic E-state index is 0.321. The lowest BCUT2D eigenvalue weighted by Crippen LogP contribution is -2.16. The van der Waals surface area contributed by atoms with E-state index in [1.807, 2.05) is 36.4 Å². The molecule has 0 spiro atoms. The summed E-state index contributed by atoms with van der Waals surface area (Å²) in [6, 6.07) is 20.4. The van der Waals surface area contributed by atoms with Crippen LogP contribution < -0.4 is 0 Å². The van der Waals surface area contributed by atoms with Gasteiger partial charge in [-0.2, -0.15) is 0 Å². The molecule has 1 aliphatic rings. The topological polar surface area (TPSA) is 0 Å². The highest BCUT2D eigenvalue weighted by molar-refractivity contribution is 8.12. The van der Waals surface area contributed by atoms with E-state index >= 15 is 0 Å². The Balaban J connectivity index is 2.15. The van der Waals surface area contributed by atoms with Gasteiger partial charge in [-0.1, -0.05) is 83.9 Å². The van der Waals surface area contributed by atoms with Crippen molar-refractivity contribution in [3.05, 3.63) is 71.8 Å². The first-order valence-corrected chi connectivity index (χ1v) is 6.93. The Bertz CT molecular complexity index is 483. The third-order valence-corrected chi connectivity index (χ3v) is 5.71. The Kier molecular flexibility index (Phi) is 2.66. The molecule has 3 rings (SSSR count). The number of rotatable bonds is 2. The number of thioether (sulfide) groups is 1. The Morgan fingerprint density at radius 3 is 1.35 bits per heavy atom. The summed E-state index contributed by atoms with van der Waals surface area (Å²) in [5, 5.41) is 0. The van der Waals surface area contributed by atoms with E-state index in [1.165, 1.54) is 0 Å². The van der Waals surface area contributed by atoms with E-state index in [2.05, 4.69) is 24.3 Å². The van der Waals surface area contributed by atoms with E-state index in [1.54, 1.807) is 11.8 Å². The maximum atomic E-state index is 6.36. The molecule has 1 saturated heterocycles. The Labute approximate surface area is 115 Å². The average molecular weight is 281 g/mol. The van der Waals surface area contributed by atoms with E-state index < -0.39 is 3.67 Å². The maximum Gasteiger partial charge on any atom is 0.187 e. The van der Waals surface area contributed by atoms with Crippen LogP contribution in [0.4, 0.5) is 0 Å². The highest BCUT2D eigenvalue weighted by atomic mass is 35.5. The molecule has 1 aliphatic heterocycles. The van der Waals surface area contributed by atoms with Gasteiger partial charge in [0.05, 0.1) is 0 Å². The van der Waals surface area contributed by atoms with Gasteiger partial charge in [0.15, 0.2) is 3.67 Å². The van der Waals surface area contributed by atoms with Gasteiger partial charge >= 0.3 is 0 Å². The van der Waals surface area contributed by atoms with Crippen molar-refractivity contribution in [3.63, 3.8) is 0 Å². The van der Waals surface area contributed by atoms with Crippen LogP contribution in [0.1, 0.15) is 11.1 Å². The van der Waals surface area contributed by atoms with Crippen molar-refractivity contribution in [2.45, 2.75) is 8.41 Å². The summed E-state index contributed by atoms with van der Waals surface area (Å²) in [6.07, 6.45) is 0. The molecule has 3 heteroatoms. The molecule has 1 heterocycles. The van der Waals surface area contributed by atoms with Gasteiger partial charge in [-0.25, -0.2) is 0 Å². The van der Waals surface area contributed by atoms with Crippen LogP contribution in [0.15, 0.2) is 60.7 Å². The summed E-state index contributed by atoms with van der Waals surface area (Å²) >= 11 is 14.3. The summed E-state index contributed by atoms with van der Waals surface area (Å²) in [6.45, 7) is 0. The highest BCUT2D eigenvalue weighted by Gasteiger charge is 2.69. The van der Waals surface area contributed by atoms with Crippen molar-refractivity contribution in [2.24, 2.45) is 0 Å². The lowest BCUT2D eigenvalue weighted by molar-refractivity contribution is 0.877. The molecule has 0 N–H and O–H groups in total. The van der Waals surface area contributed by atoms with Crippen LogP contribution in [-0.4, -0.2) is 3.67 Å². The number of hydrogen-bond donors (Lipinski definition) is 0. The van der Waals surface area contributed by atoms with E-state index in [-0.39, 0.29) is 4.75 Å². The van der Waals surface area contributed by atoms with E-state index in [4.69, 9.17) is 23.2 Å². The molecule has 0 amide bonds. The minimum Gasteiger partial charge on any atom is -0.100 e. The van der Waals surface area contributed by atoms with Crippen LogP contribution in [0.3, 0.4) is 0 Å². The van der Waals surface area contributed by atoms with Crippen LogP contribution in [0, 0.1) is 0 Å². The average Bonchev–Trinajstić information content (AvgIpc) is 2.96. The van der Waals surface area contributed by atoms with Crippen LogP contribution in [0.5, 0.6) is 0 Å². The molecule has 17 heavy (non-hydrogen) atoms. The monoisotopic (exact) mass is 280 g/mol. The molecule has 0 radical (unpaired) electrons. The second kappa shape index (κ2) is 3.94. The zero-order chi connectivity index (χ0) is 11.9. The van der Waals surface area contributed by atoms with Gasteiger partial charge in [0.2, 0.25) is 0 Å². The fourth-order valence-electron chi connectivity index (χ4n) is 2.13. The zero-order valence-electron chi connectivity index (χ0n) is 8.94. The van der Waals surface area contributed by atoms with E-state index in [9.17, 15) is 0 Å². The molecular formula is C14H10Cl2S.